The molecule has 2 rings (SSSR count). The van der Waals surface area contributed by atoms with Crippen molar-refractivity contribution in [2.24, 2.45) is 0 Å². The summed E-state index contributed by atoms with van der Waals surface area (Å²) < 4.78 is 0. The largest absolute Gasteiger partial charge is 0.307 e. The number of allylic oxidation sites excluding steroid dienone is 1. The van der Waals surface area contributed by atoms with E-state index in [-0.39, 0.29) is 11.7 Å². The molecule has 1 aromatic carbocycles. The van der Waals surface area contributed by atoms with Gasteiger partial charge in [-0.25, -0.2) is 0 Å². The summed E-state index contributed by atoms with van der Waals surface area (Å²) in [7, 11) is 0. The van der Waals surface area contributed by atoms with Gasteiger partial charge in [0.1, 0.15) is 5.41 Å². The Kier molecular flexibility index (Phi) is 5.43. The Morgan fingerprint density at radius 3 is 2.42 bits per heavy atom. The lowest BCUT2D eigenvalue weighted by Crippen LogP contribution is -2.46. The van der Waals surface area contributed by atoms with Crippen LogP contribution in [0.1, 0.15) is 52.0 Å². The maximum absolute atomic E-state index is 13.4. The number of fused-ring (bicyclic) bond motifs is 1. The summed E-state index contributed by atoms with van der Waals surface area (Å²) in [6.45, 7) is 14.2. The van der Waals surface area contributed by atoms with Crippen LogP contribution in [-0.2, 0) is 15.0 Å². The summed E-state index contributed by atoms with van der Waals surface area (Å²) in [5.74, 6) is -0.121. The molecule has 1 amide bonds. The number of amides is 1. The molecule has 0 saturated heterocycles. The topological polar surface area (TPSA) is 37.4 Å². The van der Waals surface area contributed by atoms with Gasteiger partial charge in [-0.05, 0) is 38.3 Å². The number of para-hydroxylation sites is 1. The van der Waals surface area contributed by atoms with Crippen LogP contribution in [0.5, 0.6) is 0 Å². The van der Waals surface area contributed by atoms with E-state index >= 15 is 0 Å². The number of unbranched alkanes of at least 4 members (excludes halogenated alkanes) is 1. The van der Waals surface area contributed by atoms with Crippen molar-refractivity contribution in [2.45, 2.75) is 51.9 Å². The van der Waals surface area contributed by atoms with E-state index < -0.39 is 5.41 Å². The highest BCUT2D eigenvalue weighted by Crippen LogP contribution is 2.46. The molecule has 3 nitrogen and oxygen atoms in total. The molecule has 0 radical (unpaired) electrons. The molecule has 24 heavy (non-hydrogen) atoms. The SMILES string of the molecule is C=C(C)CN1C(=O)C(CC(=C)C)(C(=O)CCCC)c2ccccc21. The predicted molar refractivity (Wildman–Crippen MR) is 99.3 cm³/mol. The van der Waals surface area contributed by atoms with Gasteiger partial charge in [0.2, 0.25) is 5.91 Å². The van der Waals surface area contributed by atoms with E-state index in [0.717, 1.165) is 35.2 Å². The Labute approximate surface area is 145 Å². The van der Waals surface area contributed by atoms with Crippen LogP contribution in [0.4, 0.5) is 5.69 Å². The fraction of sp³-hybridized carbons (Fsp3) is 0.429. The quantitative estimate of drug-likeness (QED) is 0.518. The molecule has 3 heteroatoms. The van der Waals surface area contributed by atoms with Crippen molar-refractivity contribution >= 4 is 17.4 Å². The van der Waals surface area contributed by atoms with Crippen LogP contribution in [0.2, 0.25) is 0 Å². The predicted octanol–water partition coefficient (Wildman–Crippen LogP) is 4.57. The third-order valence-corrected chi connectivity index (χ3v) is 4.49. The van der Waals surface area contributed by atoms with E-state index in [0.29, 0.717) is 19.4 Å². The summed E-state index contributed by atoms with van der Waals surface area (Å²) in [4.78, 5) is 28.3. The zero-order chi connectivity index (χ0) is 17.9. The smallest absolute Gasteiger partial charge is 0.245 e. The number of hydrogen-bond donors (Lipinski definition) is 0. The van der Waals surface area contributed by atoms with E-state index in [1.165, 1.54) is 0 Å². The average molecular weight is 325 g/mol. The van der Waals surface area contributed by atoms with Gasteiger partial charge in [-0.3, -0.25) is 9.59 Å². The highest BCUT2D eigenvalue weighted by molar-refractivity contribution is 6.22. The number of hydrogen-bond acceptors (Lipinski definition) is 2. The molecule has 0 aromatic heterocycles. The van der Waals surface area contributed by atoms with Crippen LogP contribution in [0.25, 0.3) is 0 Å². The molecule has 0 fully saturated rings. The van der Waals surface area contributed by atoms with Crippen LogP contribution < -0.4 is 4.90 Å². The van der Waals surface area contributed by atoms with E-state index in [4.69, 9.17) is 0 Å². The van der Waals surface area contributed by atoms with Gasteiger partial charge < -0.3 is 4.90 Å². The van der Waals surface area contributed by atoms with Gasteiger partial charge in [0, 0.05) is 18.7 Å². The number of Topliss-reactive ketones (excluding diaryl/α,β-unsaturated/α-hetero) is 1. The molecular formula is C21H27NO2. The number of ketones is 1. The second-order valence-corrected chi connectivity index (χ2v) is 6.93. The van der Waals surface area contributed by atoms with Crippen LogP contribution in [-0.4, -0.2) is 18.2 Å². The molecule has 0 bridgehead atoms. The average Bonchev–Trinajstić information content (AvgIpc) is 2.75. The number of nitrogens with zero attached hydrogens (tertiary/aromatic N) is 1. The number of rotatable bonds is 8. The molecule has 128 valence electrons. The summed E-state index contributed by atoms with van der Waals surface area (Å²) in [6, 6.07) is 7.64. The summed E-state index contributed by atoms with van der Waals surface area (Å²) in [5.41, 5.74) is 2.27. The Balaban J connectivity index is 2.60. The molecule has 1 heterocycles. The van der Waals surface area contributed by atoms with Crippen molar-refractivity contribution in [2.75, 3.05) is 11.4 Å². The first kappa shape index (κ1) is 18.2. The number of carbonyl (C=O) groups excluding carboxylic acids is 2. The molecule has 1 atom stereocenters. The normalized spacial score (nSPS) is 19.3. The maximum Gasteiger partial charge on any atom is 0.245 e. The van der Waals surface area contributed by atoms with Gasteiger partial charge in [-0.15, -0.1) is 6.58 Å². The van der Waals surface area contributed by atoms with Gasteiger partial charge in [0.25, 0.3) is 0 Å². The van der Waals surface area contributed by atoms with E-state index in [1.807, 2.05) is 38.1 Å². The number of benzene rings is 1. The molecule has 1 aliphatic rings. The van der Waals surface area contributed by atoms with E-state index in [9.17, 15) is 9.59 Å². The molecule has 0 aliphatic carbocycles. The Bertz CT molecular complexity index is 689. The highest BCUT2D eigenvalue weighted by atomic mass is 16.2. The molecule has 0 spiro atoms. The lowest BCUT2D eigenvalue weighted by atomic mass is 9.72. The van der Waals surface area contributed by atoms with Gasteiger partial charge in [-0.2, -0.15) is 0 Å². The fourth-order valence-electron chi connectivity index (χ4n) is 3.49. The van der Waals surface area contributed by atoms with Crippen LogP contribution in [0.15, 0.2) is 48.6 Å². The van der Waals surface area contributed by atoms with Crippen molar-refractivity contribution in [3.05, 3.63) is 54.1 Å². The lowest BCUT2D eigenvalue weighted by molar-refractivity contribution is -0.134. The molecule has 0 N–H and O–H groups in total. The van der Waals surface area contributed by atoms with Crippen LogP contribution >= 0.6 is 0 Å². The molecule has 1 aliphatic heterocycles. The lowest BCUT2D eigenvalue weighted by Gasteiger charge is -2.28. The minimum atomic E-state index is -1.12. The minimum Gasteiger partial charge on any atom is -0.307 e. The summed E-state index contributed by atoms with van der Waals surface area (Å²) in [5, 5.41) is 0. The Morgan fingerprint density at radius 2 is 1.83 bits per heavy atom. The molecule has 1 unspecified atom stereocenters. The third-order valence-electron chi connectivity index (χ3n) is 4.49. The van der Waals surface area contributed by atoms with Crippen LogP contribution in [0, 0.1) is 0 Å². The van der Waals surface area contributed by atoms with Crippen LogP contribution in [0.3, 0.4) is 0 Å². The first-order valence-electron chi connectivity index (χ1n) is 8.58. The van der Waals surface area contributed by atoms with Crippen molar-refractivity contribution in [3.8, 4) is 0 Å². The first-order valence-corrected chi connectivity index (χ1v) is 8.58. The molecular weight excluding hydrogens is 298 g/mol. The Hall–Kier alpha value is -2.16. The molecule has 0 saturated carbocycles. The van der Waals surface area contributed by atoms with E-state index in [2.05, 4.69) is 20.1 Å². The second-order valence-electron chi connectivity index (χ2n) is 6.93. The summed E-state index contributed by atoms with van der Waals surface area (Å²) in [6.07, 6.45) is 2.52. The highest BCUT2D eigenvalue weighted by Gasteiger charge is 2.54. The Morgan fingerprint density at radius 1 is 1.17 bits per heavy atom. The third kappa shape index (κ3) is 3.08. The van der Waals surface area contributed by atoms with Gasteiger partial charge in [0.05, 0.1) is 0 Å². The van der Waals surface area contributed by atoms with Crippen molar-refractivity contribution in [3.63, 3.8) is 0 Å². The zero-order valence-electron chi connectivity index (χ0n) is 15.0. The van der Waals surface area contributed by atoms with Crippen molar-refractivity contribution in [1.82, 2.24) is 0 Å². The second kappa shape index (κ2) is 7.16. The van der Waals surface area contributed by atoms with Crippen molar-refractivity contribution < 1.29 is 9.59 Å². The zero-order valence-corrected chi connectivity index (χ0v) is 15.0. The minimum absolute atomic E-state index is 0.00835. The number of carbonyl (C=O) groups is 2. The molecule has 1 aromatic rings. The van der Waals surface area contributed by atoms with Gasteiger partial charge in [0.15, 0.2) is 5.78 Å². The van der Waals surface area contributed by atoms with Gasteiger partial charge >= 0.3 is 0 Å². The maximum atomic E-state index is 13.4. The summed E-state index contributed by atoms with van der Waals surface area (Å²) >= 11 is 0. The fourth-order valence-corrected chi connectivity index (χ4v) is 3.49. The standard InChI is InChI=1S/C21H27NO2/c1-6-7-12-19(23)21(13-15(2)3)17-10-8-9-11-18(17)22(20(21)24)14-16(4)5/h8-11H,2,4,6-7,12-14H2,1,3,5H3. The first-order chi connectivity index (χ1) is 11.3. The van der Waals surface area contributed by atoms with Crippen molar-refractivity contribution in [1.29, 1.82) is 0 Å². The van der Waals surface area contributed by atoms with Gasteiger partial charge in [-0.1, -0.05) is 49.3 Å². The van der Waals surface area contributed by atoms with E-state index in [1.54, 1.807) is 4.90 Å². The monoisotopic (exact) mass is 325 g/mol. The number of anilines is 1.